The number of rotatable bonds is 2. The normalized spacial score (nSPS) is 17.0. The Labute approximate surface area is 161 Å². The van der Waals surface area contributed by atoms with E-state index in [1.807, 2.05) is 0 Å². The molecule has 1 unspecified atom stereocenters. The Morgan fingerprint density at radius 3 is 2.04 bits per heavy atom. The van der Waals surface area contributed by atoms with Crippen molar-refractivity contribution in [1.29, 1.82) is 0 Å². The van der Waals surface area contributed by atoms with Gasteiger partial charge in [-0.3, -0.25) is 0 Å². The van der Waals surface area contributed by atoms with Crippen LogP contribution in [0.4, 0.5) is 0 Å². The third-order valence-electron chi connectivity index (χ3n) is 5.24. The minimum Gasteiger partial charge on any atom is -0.312 e. The summed E-state index contributed by atoms with van der Waals surface area (Å²) in [6, 6.07) is 26.2. The standard InChI is InChI=1S/C24H18BrN/c25-18-15-13-17(14-16-18)19-7-1-4-10-22(19)26-23-11-5-2-8-20(23)21-9-3-6-12-24(21)26/h1-6,8-16,19H,7H2. The molecule has 0 N–H and O–H groups in total. The fraction of sp³-hybridized carbons (Fsp3) is 0.0833. The quantitative estimate of drug-likeness (QED) is 0.337. The third-order valence-corrected chi connectivity index (χ3v) is 5.77. The second-order valence-electron chi connectivity index (χ2n) is 6.73. The minimum absolute atomic E-state index is 0.354. The second kappa shape index (κ2) is 6.30. The molecule has 3 aromatic carbocycles. The molecule has 0 spiro atoms. The Balaban J connectivity index is 1.78. The molecule has 1 aliphatic rings. The zero-order valence-corrected chi connectivity index (χ0v) is 15.9. The lowest BCUT2D eigenvalue weighted by atomic mass is 9.89. The van der Waals surface area contributed by atoms with Gasteiger partial charge in [-0.2, -0.15) is 0 Å². The topological polar surface area (TPSA) is 4.93 Å². The molecule has 1 nitrogen and oxygen atoms in total. The fourth-order valence-corrected chi connectivity index (χ4v) is 4.32. The molecule has 4 aromatic rings. The second-order valence-corrected chi connectivity index (χ2v) is 7.64. The molecule has 0 radical (unpaired) electrons. The number of hydrogen-bond acceptors (Lipinski definition) is 0. The van der Waals surface area contributed by atoms with E-state index in [1.54, 1.807) is 0 Å². The van der Waals surface area contributed by atoms with Crippen molar-refractivity contribution in [2.24, 2.45) is 0 Å². The van der Waals surface area contributed by atoms with Crippen molar-refractivity contribution >= 4 is 43.4 Å². The average Bonchev–Trinajstić information content (AvgIpc) is 3.03. The highest BCUT2D eigenvalue weighted by Crippen LogP contribution is 2.40. The van der Waals surface area contributed by atoms with Gasteiger partial charge in [-0.15, -0.1) is 0 Å². The molecule has 1 heterocycles. The lowest BCUT2D eigenvalue weighted by Gasteiger charge is -2.24. The molecule has 0 bridgehead atoms. The highest BCUT2D eigenvalue weighted by Gasteiger charge is 2.22. The van der Waals surface area contributed by atoms with Crippen LogP contribution in [0, 0.1) is 0 Å². The minimum atomic E-state index is 0.354. The summed E-state index contributed by atoms with van der Waals surface area (Å²) in [7, 11) is 0. The number of nitrogens with zero attached hydrogens (tertiary/aromatic N) is 1. The van der Waals surface area contributed by atoms with Crippen LogP contribution in [-0.4, -0.2) is 4.57 Å². The zero-order valence-electron chi connectivity index (χ0n) is 14.3. The predicted octanol–water partition coefficient (Wildman–Crippen LogP) is 7.14. The number of aromatic nitrogens is 1. The van der Waals surface area contributed by atoms with Gasteiger partial charge in [0.2, 0.25) is 0 Å². The summed E-state index contributed by atoms with van der Waals surface area (Å²) in [6.07, 6.45) is 7.75. The van der Waals surface area contributed by atoms with Crippen LogP contribution >= 0.6 is 15.9 Å². The Bertz CT molecular complexity index is 1110. The van der Waals surface area contributed by atoms with E-state index in [2.05, 4.69) is 112 Å². The average molecular weight is 400 g/mol. The summed E-state index contributed by atoms with van der Waals surface area (Å²) in [5.74, 6) is 0.354. The van der Waals surface area contributed by atoms with Gasteiger partial charge < -0.3 is 4.57 Å². The van der Waals surface area contributed by atoms with Gasteiger partial charge in [0.25, 0.3) is 0 Å². The highest BCUT2D eigenvalue weighted by atomic mass is 79.9. The lowest BCUT2D eigenvalue weighted by molar-refractivity contribution is 0.830. The summed E-state index contributed by atoms with van der Waals surface area (Å²) >= 11 is 3.55. The largest absolute Gasteiger partial charge is 0.312 e. The summed E-state index contributed by atoms with van der Waals surface area (Å²) in [6.45, 7) is 0. The molecule has 126 valence electrons. The number of halogens is 1. The van der Waals surface area contributed by atoms with Gasteiger partial charge >= 0.3 is 0 Å². The van der Waals surface area contributed by atoms with E-state index < -0.39 is 0 Å². The molecule has 0 saturated heterocycles. The van der Waals surface area contributed by atoms with Gasteiger partial charge in [-0.05, 0) is 42.3 Å². The predicted molar refractivity (Wildman–Crippen MR) is 114 cm³/mol. The molecule has 0 amide bonds. The first-order valence-electron chi connectivity index (χ1n) is 8.94. The van der Waals surface area contributed by atoms with Crippen molar-refractivity contribution in [1.82, 2.24) is 4.57 Å². The van der Waals surface area contributed by atoms with E-state index >= 15 is 0 Å². The molecule has 26 heavy (non-hydrogen) atoms. The molecule has 1 aliphatic carbocycles. The number of para-hydroxylation sites is 2. The van der Waals surface area contributed by atoms with Gasteiger partial charge in [-0.1, -0.05) is 76.6 Å². The van der Waals surface area contributed by atoms with Crippen molar-refractivity contribution in [3.05, 3.63) is 101 Å². The SMILES string of the molecule is Brc1ccc(C2CC=CC=C2n2c3ccccc3c3ccccc32)cc1. The number of hydrogen-bond donors (Lipinski definition) is 0. The van der Waals surface area contributed by atoms with Crippen molar-refractivity contribution in [3.8, 4) is 0 Å². The van der Waals surface area contributed by atoms with Crippen LogP contribution in [0.15, 0.2) is 95.5 Å². The van der Waals surface area contributed by atoms with Gasteiger partial charge in [0, 0.05) is 26.9 Å². The van der Waals surface area contributed by atoms with Crippen molar-refractivity contribution in [3.63, 3.8) is 0 Å². The van der Waals surface area contributed by atoms with Gasteiger partial charge in [0.1, 0.15) is 0 Å². The maximum absolute atomic E-state index is 3.55. The Morgan fingerprint density at radius 2 is 1.38 bits per heavy atom. The third kappa shape index (κ3) is 2.45. The fourth-order valence-electron chi connectivity index (χ4n) is 4.05. The summed E-state index contributed by atoms with van der Waals surface area (Å²) in [5.41, 5.74) is 5.24. The van der Waals surface area contributed by atoms with Crippen LogP contribution in [0.3, 0.4) is 0 Å². The molecule has 1 atom stereocenters. The lowest BCUT2D eigenvalue weighted by Crippen LogP contribution is -2.09. The van der Waals surface area contributed by atoms with Crippen LogP contribution in [0.1, 0.15) is 17.9 Å². The summed E-state index contributed by atoms with van der Waals surface area (Å²) in [5, 5.41) is 2.63. The number of fused-ring (bicyclic) bond motifs is 3. The first kappa shape index (κ1) is 15.7. The number of allylic oxidation sites excluding steroid dienone is 4. The Morgan fingerprint density at radius 1 is 0.769 bits per heavy atom. The maximum atomic E-state index is 3.55. The van der Waals surface area contributed by atoms with Gasteiger partial charge in [-0.25, -0.2) is 0 Å². The van der Waals surface area contributed by atoms with Crippen molar-refractivity contribution in [2.75, 3.05) is 0 Å². The van der Waals surface area contributed by atoms with Crippen LogP contribution in [0.25, 0.3) is 27.5 Å². The monoisotopic (exact) mass is 399 g/mol. The molecular formula is C24H18BrN. The van der Waals surface area contributed by atoms with E-state index in [4.69, 9.17) is 0 Å². The van der Waals surface area contributed by atoms with Crippen LogP contribution in [0.2, 0.25) is 0 Å². The summed E-state index contributed by atoms with van der Waals surface area (Å²) in [4.78, 5) is 0. The summed E-state index contributed by atoms with van der Waals surface area (Å²) < 4.78 is 3.57. The first-order chi connectivity index (χ1) is 12.8. The van der Waals surface area contributed by atoms with Crippen LogP contribution in [-0.2, 0) is 0 Å². The Kier molecular flexibility index (Phi) is 3.79. The zero-order chi connectivity index (χ0) is 17.5. The molecule has 5 rings (SSSR count). The smallest absolute Gasteiger partial charge is 0.0538 e. The Hall–Kier alpha value is -2.58. The molecule has 2 heteroatoms. The molecule has 0 aliphatic heterocycles. The highest BCUT2D eigenvalue weighted by molar-refractivity contribution is 9.10. The maximum Gasteiger partial charge on any atom is 0.0538 e. The van der Waals surface area contributed by atoms with E-state index in [-0.39, 0.29) is 0 Å². The van der Waals surface area contributed by atoms with Crippen molar-refractivity contribution < 1.29 is 0 Å². The van der Waals surface area contributed by atoms with E-state index in [9.17, 15) is 0 Å². The molecule has 1 aromatic heterocycles. The van der Waals surface area contributed by atoms with E-state index in [1.165, 1.54) is 33.1 Å². The van der Waals surface area contributed by atoms with E-state index in [0.29, 0.717) is 5.92 Å². The van der Waals surface area contributed by atoms with Crippen LogP contribution < -0.4 is 0 Å². The van der Waals surface area contributed by atoms with Crippen molar-refractivity contribution in [2.45, 2.75) is 12.3 Å². The number of benzene rings is 3. The van der Waals surface area contributed by atoms with E-state index in [0.717, 1.165) is 10.9 Å². The molecule has 0 fully saturated rings. The van der Waals surface area contributed by atoms with Gasteiger partial charge in [0.05, 0.1) is 11.0 Å². The van der Waals surface area contributed by atoms with Gasteiger partial charge in [0.15, 0.2) is 0 Å². The molecule has 0 saturated carbocycles. The molecular weight excluding hydrogens is 382 g/mol. The first-order valence-corrected chi connectivity index (χ1v) is 9.73. The van der Waals surface area contributed by atoms with Crippen LogP contribution in [0.5, 0.6) is 0 Å².